The summed E-state index contributed by atoms with van der Waals surface area (Å²) in [4.78, 5) is 14.9. The molecule has 2 heterocycles. The molecule has 0 aliphatic carbocycles. The van der Waals surface area contributed by atoms with Crippen molar-refractivity contribution in [3.05, 3.63) is 58.5 Å². The van der Waals surface area contributed by atoms with E-state index in [1.807, 2.05) is 24.3 Å². The lowest BCUT2D eigenvalue weighted by atomic mass is 10.2. The van der Waals surface area contributed by atoms with E-state index >= 15 is 0 Å². The summed E-state index contributed by atoms with van der Waals surface area (Å²) in [5, 5.41) is 10.7. The van der Waals surface area contributed by atoms with Crippen LogP contribution in [0.25, 0.3) is 0 Å². The summed E-state index contributed by atoms with van der Waals surface area (Å²) in [5.41, 5.74) is 1.17. The SMILES string of the molecule is O=[N+]([O-])c1ccc(N2CCN(Cc3ccco3)CC2)cc1. The van der Waals surface area contributed by atoms with E-state index in [0.717, 1.165) is 44.2 Å². The molecule has 0 bridgehead atoms. The van der Waals surface area contributed by atoms with Crippen LogP contribution in [0.2, 0.25) is 0 Å². The quantitative estimate of drug-likeness (QED) is 0.638. The van der Waals surface area contributed by atoms with E-state index in [0.29, 0.717) is 0 Å². The zero-order chi connectivity index (χ0) is 14.7. The van der Waals surface area contributed by atoms with Crippen molar-refractivity contribution >= 4 is 11.4 Å². The van der Waals surface area contributed by atoms with Crippen molar-refractivity contribution in [2.45, 2.75) is 6.54 Å². The van der Waals surface area contributed by atoms with Gasteiger partial charge in [-0.25, -0.2) is 0 Å². The van der Waals surface area contributed by atoms with Crippen molar-refractivity contribution in [1.29, 1.82) is 0 Å². The molecule has 21 heavy (non-hydrogen) atoms. The zero-order valence-electron chi connectivity index (χ0n) is 11.6. The van der Waals surface area contributed by atoms with Crippen molar-refractivity contribution < 1.29 is 9.34 Å². The van der Waals surface area contributed by atoms with Crippen LogP contribution in [0.5, 0.6) is 0 Å². The van der Waals surface area contributed by atoms with Crippen molar-refractivity contribution in [3.63, 3.8) is 0 Å². The fraction of sp³-hybridized carbons (Fsp3) is 0.333. The molecule has 0 radical (unpaired) electrons. The number of piperazine rings is 1. The van der Waals surface area contributed by atoms with Crippen LogP contribution in [-0.4, -0.2) is 36.0 Å². The molecule has 0 atom stereocenters. The molecule has 0 unspecified atom stereocenters. The van der Waals surface area contributed by atoms with E-state index in [-0.39, 0.29) is 10.6 Å². The third-order valence-electron chi connectivity index (χ3n) is 3.76. The first kappa shape index (κ1) is 13.6. The molecule has 2 aromatic rings. The number of benzene rings is 1. The van der Waals surface area contributed by atoms with Gasteiger partial charge in [0.2, 0.25) is 0 Å². The third kappa shape index (κ3) is 3.22. The predicted octanol–water partition coefficient (Wildman–Crippen LogP) is 2.51. The maximum atomic E-state index is 10.7. The van der Waals surface area contributed by atoms with Crippen molar-refractivity contribution in [3.8, 4) is 0 Å². The van der Waals surface area contributed by atoms with Gasteiger partial charge in [-0.3, -0.25) is 15.0 Å². The highest BCUT2D eigenvalue weighted by atomic mass is 16.6. The van der Waals surface area contributed by atoms with Crippen LogP contribution >= 0.6 is 0 Å². The van der Waals surface area contributed by atoms with E-state index in [1.54, 1.807) is 18.4 Å². The minimum atomic E-state index is -0.370. The van der Waals surface area contributed by atoms with Crippen molar-refractivity contribution in [2.75, 3.05) is 31.1 Å². The topological polar surface area (TPSA) is 62.8 Å². The van der Waals surface area contributed by atoms with Crippen molar-refractivity contribution in [1.82, 2.24) is 4.90 Å². The van der Waals surface area contributed by atoms with Gasteiger partial charge in [0.15, 0.2) is 0 Å². The zero-order valence-corrected chi connectivity index (χ0v) is 11.6. The number of furan rings is 1. The average molecular weight is 287 g/mol. The second-order valence-corrected chi connectivity index (χ2v) is 5.12. The number of nitro groups is 1. The fourth-order valence-electron chi connectivity index (χ4n) is 2.57. The van der Waals surface area contributed by atoms with E-state index in [4.69, 9.17) is 4.42 Å². The molecule has 1 aliphatic rings. The number of nitro benzene ring substituents is 1. The largest absolute Gasteiger partial charge is 0.468 e. The molecular weight excluding hydrogens is 270 g/mol. The van der Waals surface area contributed by atoms with Gasteiger partial charge in [-0.15, -0.1) is 0 Å². The molecule has 1 saturated heterocycles. The maximum absolute atomic E-state index is 10.7. The van der Waals surface area contributed by atoms with E-state index in [9.17, 15) is 10.1 Å². The number of anilines is 1. The van der Waals surface area contributed by atoms with Crippen LogP contribution in [0.15, 0.2) is 47.1 Å². The first-order chi connectivity index (χ1) is 10.2. The summed E-state index contributed by atoms with van der Waals surface area (Å²) in [7, 11) is 0. The standard InChI is InChI=1S/C15H17N3O3/c19-18(20)14-5-3-13(4-6-14)17-9-7-16(8-10-17)12-15-2-1-11-21-15/h1-6,11H,7-10,12H2. The first-order valence-corrected chi connectivity index (χ1v) is 6.96. The van der Waals surface area contributed by atoms with Gasteiger partial charge in [0.25, 0.3) is 5.69 Å². The summed E-state index contributed by atoms with van der Waals surface area (Å²) in [5.74, 6) is 0.985. The van der Waals surface area contributed by atoms with Crippen LogP contribution in [0.3, 0.4) is 0 Å². The Hall–Kier alpha value is -2.34. The summed E-state index contributed by atoms with van der Waals surface area (Å²) < 4.78 is 5.36. The second-order valence-electron chi connectivity index (χ2n) is 5.12. The van der Waals surface area contributed by atoms with Crippen LogP contribution in [0.4, 0.5) is 11.4 Å². The Bertz CT molecular complexity index is 587. The Kier molecular flexibility index (Phi) is 3.87. The molecule has 110 valence electrons. The molecule has 3 rings (SSSR count). The minimum absolute atomic E-state index is 0.134. The Morgan fingerprint density at radius 2 is 1.81 bits per heavy atom. The van der Waals surface area contributed by atoms with Gasteiger partial charge in [-0.05, 0) is 24.3 Å². The molecule has 6 nitrogen and oxygen atoms in total. The van der Waals surface area contributed by atoms with Crippen LogP contribution in [0.1, 0.15) is 5.76 Å². The van der Waals surface area contributed by atoms with Crippen LogP contribution in [-0.2, 0) is 6.54 Å². The Balaban J connectivity index is 1.56. The molecule has 6 heteroatoms. The van der Waals surface area contributed by atoms with E-state index in [1.165, 1.54) is 0 Å². The first-order valence-electron chi connectivity index (χ1n) is 6.96. The third-order valence-corrected chi connectivity index (χ3v) is 3.76. The number of hydrogen-bond acceptors (Lipinski definition) is 5. The highest BCUT2D eigenvalue weighted by Gasteiger charge is 2.18. The Morgan fingerprint density at radius 3 is 2.38 bits per heavy atom. The van der Waals surface area contributed by atoms with Crippen molar-refractivity contribution in [2.24, 2.45) is 0 Å². The number of rotatable bonds is 4. The van der Waals surface area contributed by atoms with Crippen LogP contribution < -0.4 is 4.90 Å². The molecule has 1 aromatic heterocycles. The maximum Gasteiger partial charge on any atom is 0.269 e. The highest BCUT2D eigenvalue weighted by Crippen LogP contribution is 2.21. The summed E-state index contributed by atoms with van der Waals surface area (Å²) in [6.45, 7) is 4.58. The van der Waals surface area contributed by atoms with E-state index in [2.05, 4.69) is 9.80 Å². The van der Waals surface area contributed by atoms with Gasteiger partial charge >= 0.3 is 0 Å². The normalized spacial score (nSPS) is 16.1. The average Bonchev–Trinajstić information content (AvgIpc) is 3.01. The number of hydrogen-bond donors (Lipinski definition) is 0. The number of non-ortho nitro benzene ring substituents is 1. The number of nitrogens with zero attached hydrogens (tertiary/aromatic N) is 3. The van der Waals surface area contributed by atoms with Gasteiger partial charge in [0.05, 0.1) is 17.7 Å². The van der Waals surface area contributed by atoms with Gasteiger partial charge in [-0.2, -0.15) is 0 Å². The van der Waals surface area contributed by atoms with Gasteiger partial charge < -0.3 is 9.32 Å². The monoisotopic (exact) mass is 287 g/mol. The van der Waals surface area contributed by atoms with E-state index < -0.39 is 0 Å². The van der Waals surface area contributed by atoms with Gasteiger partial charge in [0, 0.05) is 44.0 Å². The Morgan fingerprint density at radius 1 is 1.10 bits per heavy atom. The summed E-state index contributed by atoms with van der Waals surface area (Å²) in [6.07, 6.45) is 1.70. The Labute approximate surface area is 122 Å². The molecule has 1 aliphatic heterocycles. The lowest BCUT2D eigenvalue weighted by Crippen LogP contribution is -2.45. The fourth-order valence-corrected chi connectivity index (χ4v) is 2.57. The molecule has 0 saturated carbocycles. The molecular formula is C15H17N3O3. The highest BCUT2D eigenvalue weighted by molar-refractivity contribution is 5.51. The van der Waals surface area contributed by atoms with Gasteiger partial charge in [-0.1, -0.05) is 0 Å². The lowest BCUT2D eigenvalue weighted by molar-refractivity contribution is -0.384. The molecule has 0 N–H and O–H groups in total. The molecule has 1 fully saturated rings. The summed E-state index contributed by atoms with van der Waals surface area (Å²) >= 11 is 0. The molecule has 0 amide bonds. The predicted molar refractivity (Wildman–Crippen MR) is 79.3 cm³/mol. The molecule has 1 aromatic carbocycles. The summed E-state index contributed by atoms with van der Waals surface area (Å²) in [6, 6.07) is 10.7. The minimum Gasteiger partial charge on any atom is -0.468 e. The molecule has 0 spiro atoms. The second kappa shape index (κ2) is 5.97. The smallest absolute Gasteiger partial charge is 0.269 e. The van der Waals surface area contributed by atoms with Gasteiger partial charge in [0.1, 0.15) is 5.76 Å². The lowest BCUT2D eigenvalue weighted by Gasteiger charge is -2.35. The van der Waals surface area contributed by atoms with Crippen LogP contribution in [0, 0.1) is 10.1 Å².